The van der Waals surface area contributed by atoms with E-state index in [4.69, 9.17) is 11.6 Å². The summed E-state index contributed by atoms with van der Waals surface area (Å²) in [6.45, 7) is 0. The van der Waals surface area contributed by atoms with E-state index in [1.54, 1.807) is 0 Å². The van der Waals surface area contributed by atoms with E-state index in [9.17, 15) is 13.6 Å². The lowest BCUT2D eigenvalue weighted by atomic mass is 10.2. The second-order valence-corrected chi connectivity index (χ2v) is 3.13. The second-order valence-electron chi connectivity index (χ2n) is 2.00. The van der Waals surface area contributed by atoms with Gasteiger partial charge in [-0.15, -0.1) is 0 Å². The fraction of sp³-hybridized carbons (Fsp3) is 0. The molecule has 0 bridgehead atoms. The lowest BCUT2D eigenvalue weighted by molar-refractivity contribution is 0.108. The molecule has 0 saturated carbocycles. The van der Waals surface area contributed by atoms with Gasteiger partial charge in [-0.05, 0) is 39.7 Å². The molecule has 64 valence electrons. The van der Waals surface area contributed by atoms with Crippen molar-refractivity contribution in [2.24, 2.45) is 0 Å². The van der Waals surface area contributed by atoms with Crippen molar-refractivity contribution >= 4 is 32.8 Å². The summed E-state index contributed by atoms with van der Waals surface area (Å²) in [5, 5.41) is -0.833. The molecule has 0 saturated heterocycles. The summed E-state index contributed by atoms with van der Waals surface area (Å²) in [7, 11) is 0. The van der Waals surface area contributed by atoms with Crippen molar-refractivity contribution in [1.82, 2.24) is 0 Å². The number of halogens is 4. The molecule has 1 aromatic carbocycles. The van der Waals surface area contributed by atoms with Gasteiger partial charge < -0.3 is 0 Å². The van der Waals surface area contributed by atoms with Gasteiger partial charge in [0.2, 0.25) is 0 Å². The smallest absolute Gasteiger partial charge is 0.253 e. The highest BCUT2D eigenvalue weighted by atomic mass is 79.9. The van der Waals surface area contributed by atoms with Crippen LogP contribution in [0.1, 0.15) is 10.4 Å². The summed E-state index contributed by atoms with van der Waals surface area (Å²) in [6.07, 6.45) is 0. The van der Waals surface area contributed by atoms with E-state index in [1.807, 2.05) is 0 Å². The first kappa shape index (κ1) is 9.61. The van der Waals surface area contributed by atoms with E-state index in [-0.39, 0.29) is 10.0 Å². The van der Waals surface area contributed by atoms with Gasteiger partial charge in [-0.3, -0.25) is 4.79 Å². The molecular weight excluding hydrogens is 253 g/mol. The topological polar surface area (TPSA) is 17.1 Å². The van der Waals surface area contributed by atoms with E-state index >= 15 is 0 Å². The average Bonchev–Trinajstić information content (AvgIpc) is 2.00. The fourth-order valence-electron chi connectivity index (χ4n) is 0.678. The minimum Gasteiger partial charge on any atom is -0.276 e. The van der Waals surface area contributed by atoms with Gasteiger partial charge >= 0.3 is 0 Å². The van der Waals surface area contributed by atoms with Gasteiger partial charge in [0.25, 0.3) is 5.24 Å². The van der Waals surface area contributed by atoms with Gasteiger partial charge in [0.05, 0.1) is 10.0 Å². The number of benzene rings is 1. The maximum absolute atomic E-state index is 12.7. The summed E-state index contributed by atoms with van der Waals surface area (Å²) in [5.74, 6) is -2.13. The molecule has 1 aromatic rings. The minimum atomic E-state index is -1.11. The van der Waals surface area contributed by atoms with Gasteiger partial charge in [0.1, 0.15) is 0 Å². The highest BCUT2D eigenvalue weighted by Gasteiger charge is 2.14. The predicted molar refractivity (Wildman–Crippen MR) is 44.2 cm³/mol. The van der Waals surface area contributed by atoms with Crippen LogP contribution in [0.25, 0.3) is 0 Å². The summed E-state index contributed by atoms with van der Waals surface area (Å²) in [5.41, 5.74) is -0.0874. The Morgan fingerprint density at radius 3 is 2.50 bits per heavy atom. The number of hydrogen-bond acceptors (Lipinski definition) is 1. The SMILES string of the molecule is O=C(Cl)c1ccc(F)c(F)c1Br. The molecule has 0 N–H and O–H groups in total. The quantitative estimate of drug-likeness (QED) is 0.557. The number of hydrogen-bond donors (Lipinski definition) is 0. The van der Waals surface area contributed by atoms with E-state index in [1.165, 1.54) is 0 Å². The van der Waals surface area contributed by atoms with Crippen LogP contribution in [0.15, 0.2) is 16.6 Å². The Bertz CT molecular complexity index is 340. The molecule has 0 aliphatic carbocycles. The Kier molecular flexibility index (Phi) is 2.80. The van der Waals surface area contributed by atoms with E-state index in [0.717, 1.165) is 12.1 Å². The first-order chi connectivity index (χ1) is 5.54. The molecule has 0 unspecified atom stereocenters. The molecule has 0 aliphatic rings. The minimum absolute atomic E-state index is 0.0874. The number of carbonyl (C=O) groups excluding carboxylic acids is 1. The summed E-state index contributed by atoms with van der Waals surface area (Å²) in [4.78, 5) is 10.6. The lowest BCUT2D eigenvalue weighted by Gasteiger charge is -1.99. The molecule has 1 nitrogen and oxygen atoms in total. The zero-order chi connectivity index (χ0) is 9.30. The molecule has 5 heteroatoms. The number of carbonyl (C=O) groups is 1. The molecule has 0 aliphatic heterocycles. The van der Waals surface area contributed by atoms with Crippen molar-refractivity contribution in [3.8, 4) is 0 Å². The lowest BCUT2D eigenvalue weighted by Crippen LogP contribution is -1.95. The maximum Gasteiger partial charge on any atom is 0.253 e. The Morgan fingerprint density at radius 1 is 1.42 bits per heavy atom. The zero-order valence-corrected chi connectivity index (χ0v) is 7.92. The monoisotopic (exact) mass is 254 g/mol. The second kappa shape index (κ2) is 3.49. The van der Waals surface area contributed by atoms with Crippen LogP contribution in [0.4, 0.5) is 8.78 Å². The Labute approximate surface area is 80.5 Å². The Morgan fingerprint density at radius 2 is 2.00 bits per heavy atom. The first-order valence-corrected chi connectivity index (χ1v) is 4.04. The first-order valence-electron chi connectivity index (χ1n) is 2.87. The maximum atomic E-state index is 12.7. The summed E-state index contributed by atoms with van der Waals surface area (Å²) >= 11 is 7.79. The van der Waals surface area contributed by atoms with Crippen molar-refractivity contribution in [3.05, 3.63) is 33.8 Å². The van der Waals surface area contributed by atoms with Gasteiger partial charge in [0, 0.05) is 0 Å². The van der Waals surface area contributed by atoms with Crippen molar-refractivity contribution in [2.75, 3.05) is 0 Å². The molecule has 0 amide bonds. The van der Waals surface area contributed by atoms with Crippen LogP contribution in [0.3, 0.4) is 0 Å². The van der Waals surface area contributed by atoms with E-state index in [0.29, 0.717) is 0 Å². The van der Waals surface area contributed by atoms with Gasteiger partial charge in [0.15, 0.2) is 11.6 Å². The summed E-state index contributed by atoms with van der Waals surface area (Å²) < 4.78 is 24.9. The molecule has 0 aromatic heterocycles. The average molecular weight is 255 g/mol. The highest BCUT2D eigenvalue weighted by Crippen LogP contribution is 2.23. The third kappa shape index (κ3) is 1.64. The molecule has 0 heterocycles. The van der Waals surface area contributed by atoms with Crippen molar-refractivity contribution in [1.29, 1.82) is 0 Å². The van der Waals surface area contributed by atoms with Gasteiger partial charge in [-0.1, -0.05) is 0 Å². The fourth-order valence-corrected chi connectivity index (χ4v) is 1.45. The standard InChI is InChI=1S/C7H2BrClF2O/c8-5-3(7(9)12)1-2-4(10)6(5)11/h1-2H. The summed E-state index contributed by atoms with van der Waals surface area (Å²) in [6, 6.07) is 1.95. The van der Waals surface area contributed by atoms with Crippen LogP contribution in [0, 0.1) is 11.6 Å². The molecule has 12 heavy (non-hydrogen) atoms. The molecule has 0 radical (unpaired) electrons. The molecular formula is C7H2BrClF2O. The van der Waals surface area contributed by atoms with Crippen molar-refractivity contribution in [3.63, 3.8) is 0 Å². The van der Waals surface area contributed by atoms with Crippen LogP contribution >= 0.6 is 27.5 Å². The zero-order valence-electron chi connectivity index (χ0n) is 5.57. The van der Waals surface area contributed by atoms with Crippen LogP contribution in [-0.4, -0.2) is 5.24 Å². The largest absolute Gasteiger partial charge is 0.276 e. The van der Waals surface area contributed by atoms with Crippen LogP contribution in [0.2, 0.25) is 0 Å². The van der Waals surface area contributed by atoms with Gasteiger partial charge in [-0.25, -0.2) is 8.78 Å². The highest BCUT2D eigenvalue weighted by molar-refractivity contribution is 9.10. The van der Waals surface area contributed by atoms with Crippen molar-refractivity contribution < 1.29 is 13.6 Å². The Balaban J connectivity index is 3.36. The third-order valence-electron chi connectivity index (χ3n) is 1.25. The molecule has 0 spiro atoms. The molecule has 1 rings (SSSR count). The normalized spacial score (nSPS) is 10.0. The van der Waals surface area contributed by atoms with Crippen molar-refractivity contribution in [2.45, 2.75) is 0 Å². The number of rotatable bonds is 1. The molecule has 0 fully saturated rings. The van der Waals surface area contributed by atoms with E-state index in [2.05, 4.69) is 15.9 Å². The van der Waals surface area contributed by atoms with Crippen LogP contribution in [0.5, 0.6) is 0 Å². The van der Waals surface area contributed by atoms with Crippen LogP contribution < -0.4 is 0 Å². The third-order valence-corrected chi connectivity index (χ3v) is 2.23. The van der Waals surface area contributed by atoms with Gasteiger partial charge in [-0.2, -0.15) is 0 Å². The van der Waals surface area contributed by atoms with Crippen LogP contribution in [-0.2, 0) is 0 Å². The predicted octanol–water partition coefficient (Wildman–Crippen LogP) is 3.11. The molecule has 0 atom stereocenters. The van der Waals surface area contributed by atoms with E-state index < -0.39 is 16.9 Å². The Hall–Kier alpha value is -0.480.